The van der Waals surface area contributed by atoms with E-state index in [4.69, 9.17) is 4.74 Å². The van der Waals surface area contributed by atoms with Crippen LogP contribution in [0.1, 0.15) is 62.8 Å². The summed E-state index contributed by atoms with van der Waals surface area (Å²) in [5, 5.41) is 3.61. The number of pyridine rings is 1. The molecule has 1 heterocycles. The Hall–Kier alpha value is -1.09. The molecule has 1 N–H and O–H groups in total. The van der Waals surface area contributed by atoms with Crippen molar-refractivity contribution in [1.29, 1.82) is 0 Å². The summed E-state index contributed by atoms with van der Waals surface area (Å²) in [6, 6.07) is 0.519. The Bertz CT molecular complexity index is 418. The molecule has 0 spiro atoms. The molecule has 0 fully saturated rings. The van der Waals surface area contributed by atoms with Gasteiger partial charge in [0.2, 0.25) is 0 Å². The lowest BCUT2D eigenvalue weighted by molar-refractivity contribution is 0.405. The number of hydrogen-bond donors (Lipinski definition) is 1. The number of rotatable bonds is 10. The molecule has 0 aliphatic carbocycles. The summed E-state index contributed by atoms with van der Waals surface area (Å²) in [6.45, 7) is 9.62. The maximum Gasteiger partial charge on any atom is 0.128 e. The van der Waals surface area contributed by atoms with Crippen molar-refractivity contribution in [3.05, 3.63) is 23.0 Å². The van der Waals surface area contributed by atoms with Crippen LogP contribution in [0.15, 0.2) is 6.20 Å². The third kappa shape index (κ3) is 5.66. The first-order chi connectivity index (χ1) is 10.1. The first kappa shape index (κ1) is 18.0. The standard InChI is InChI=1S/C18H32N2O/c1-6-8-9-10-11-16(19-7-2)12-17-15(4)18(21-5)14(3)13-20-17/h13,16,19H,6-12H2,1-5H3. The van der Waals surface area contributed by atoms with E-state index in [1.165, 1.54) is 43.4 Å². The largest absolute Gasteiger partial charge is 0.496 e. The van der Waals surface area contributed by atoms with Crippen molar-refractivity contribution >= 4 is 0 Å². The molecule has 0 aromatic carbocycles. The topological polar surface area (TPSA) is 34.1 Å². The Labute approximate surface area is 130 Å². The van der Waals surface area contributed by atoms with Crippen LogP contribution in [-0.2, 0) is 6.42 Å². The minimum atomic E-state index is 0.519. The van der Waals surface area contributed by atoms with Crippen molar-refractivity contribution < 1.29 is 4.74 Å². The first-order valence-corrected chi connectivity index (χ1v) is 8.36. The molecule has 0 radical (unpaired) electrons. The fourth-order valence-electron chi connectivity index (χ4n) is 2.89. The summed E-state index contributed by atoms with van der Waals surface area (Å²) in [6.07, 6.45) is 9.42. The van der Waals surface area contributed by atoms with E-state index in [-0.39, 0.29) is 0 Å². The van der Waals surface area contributed by atoms with Gasteiger partial charge in [0.15, 0.2) is 0 Å². The summed E-state index contributed by atoms with van der Waals surface area (Å²) in [7, 11) is 1.74. The highest BCUT2D eigenvalue weighted by Gasteiger charge is 2.14. The summed E-state index contributed by atoms with van der Waals surface area (Å²) < 4.78 is 5.51. The maximum atomic E-state index is 5.51. The SMILES string of the molecule is CCCCCCC(Cc1ncc(C)c(OC)c1C)NCC. The van der Waals surface area contributed by atoms with Crippen molar-refractivity contribution in [2.45, 2.75) is 72.3 Å². The molecule has 1 atom stereocenters. The van der Waals surface area contributed by atoms with Crippen LogP contribution in [0, 0.1) is 13.8 Å². The number of ether oxygens (including phenoxy) is 1. The third-order valence-corrected chi connectivity index (χ3v) is 4.09. The van der Waals surface area contributed by atoms with Gasteiger partial charge in [-0.3, -0.25) is 4.98 Å². The second kappa shape index (κ2) is 9.78. The summed E-state index contributed by atoms with van der Waals surface area (Å²) in [5.74, 6) is 0.987. The van der Waals surface area contributed by atoms with E-state index in [2.05, 4.69) is 38.0 Å². The van der Waals surface area contributed by atoms with Crippen LogP contribution in [0.5, 0.6) is 5.75 Å². The molecular formula is C18H32N2O. The number of aromatic nitrogens is 1. The van der Waals surface area contributed by atoms with E-state index in [0.717, 1.165) is 24.3 Å². The van der Waals surface area contributed by atoms with Crippen LogP contribution in [0.3, 0.4) is 0 Å². The molecule has 1 unspecified atom stereocenters. The number of hydrogen-bond acceptors (Lipinski definition) is 3. The number of aryl methyl sites for hydroxylation is 1. The summed E-state index contributed by atoms with van der Waals surface area (Å²) in [5.41, 5.74) is 3.47. The van der Waals surface area contributed by atoms with Gasteiger partial charge in [-0.1, -0.05) is 39.5 Å². The number of likely N-dealkylation sites (N-methyl/N-ethyl adjacent to an activating group) is 1. The molecule has 1 aromatic rings. The van der Waals surface area contributed by atoms with E-state index in [1.54, 1.807) is 7.11 Å². The van der Waals surface area contributed by atoms with E-state index in [1.807, 2.05) is 6.20 Å². The van der Waals surface area contributed by atoms with Gasteiger partial charge in [-0.15, -0.1) is 0 Å². The van der Waals surface area contributed by atoms with Crippen molar-refractivity contribution in [1.82, 2.24) is 10.3 Å². The smallest absolute Gasteiger partial charge is 0.128 e. The monoisotopic (exact) mass is 292 g/mol. The molecule has 0 saturated heterocycles. The quantitative estimate of drug-likeness (QED) is 0.656. The average molecular weight is 292 g/mol. The predicted octanol–water partition coefficient (Wildman–Crippen LogP) is 4.20. The molecule has 3 heteroatoms. The van der Waals surface area contributed by atoms with Gasteiger partial charge >= 0.3 is 0 Å². The zero-order valence-corrected chi connectivity index (χ0v) is 14.5. The van der Waals surface area contributed by atoms with Gasteiger partial charge in [-0.05, 0) is 26.8 Å². The average Bonchev–Trinajstić information content (AvgIpc) is 2.47. The Balaban J connectivity index is 2.70. The van der Waals surface area contributed by atoms with Gasteiger partial charge in [-0.2, -0.15) is 0 Å². The summed E-state index contributed by atoms with van der Waals surface area (Å²) >= 11 is 0. The normalized spacial score (nSPS) is 12.4. The molecule has 0 bridgehead atoms. The lowest BCUT2D eigenvalue weighted by Gasteiger charge is -2.20. The predicted molar refractivity (Wildman–Crippen MR) is 90.2 cm³/mol. The van der Waals surface area contributed by atoms with Crippen LogP contribution in [0.4, 0.5) is 0 Å². The highest BCUT2D eigenvalue weighted by atomic mass is 16.5. The molecule has 1 aromatic heterocycles. The summed E-state index contributed by atoms with van der Waals surface area (Å²) in [4.78, 5) is 4.63. The van der Waals surface area contributed by atoms with Crippen LogP contribution < -0.4 is 10.1 Å². The van der Waals surface area contributed by atoms with Gasteiger partial charge in [0.25, 0.3) is 0 Å². The van der Waals surface area contributed by atoms with Crippen LogP contribution in [0.2, 0.25) is 0 Å². The zero-order valence-electron chi connectivity index (χ0n) is 14.5. The van der Waals surface area contributed by atoms with Crippen LogP contribution >= 0.6 is 0 Å². The van der Waals surface area contributed by atoms with Crippen LogP contribution in [-0.4, -0.2) is 24.7 Å². The Morgan fingerprint density at radius 2 is 1.95 bits per heavy atom. The highest BCUT2D eigenvalue weighted by Crippen LogP contribution is 2.25. The molecule has 0 amide bonds. The van der Waals surface area contributed by atoms with E-state index < -0.39 is 0 Å². The fraction of sp³-hybridized carbons (Fsp3) is 0.722. The molecule has 0 aliphatic heterocycles. The van der Waals surface area contributed by atoms with E-state index in [9.17, 15) is 0 Å². The van der Waals surface area contributed by atoms with Crippen LogP contribution in [0.25, 0.3) is 0 Å². The van der Waals surface area contributed by atoms with E-state index >= 15 is 0 Å². The maximum absolute atomic E-state index is 5.51. The Kier molecular flexibility index (Phi) is 8.36. The Morgan fingerprint density at radius 1 is 1.19 bits per heavy atom. The second-order valence-electron chi connectivity index (χ2n) is 5.85. The molecule has 0 saturated carbocycles. The minimum absolute atomic E-state index is 0.519. The number of nitrogens with zero attached hydrogens (tertiary/aromatic N) is 1. The van der Waals surface area contributed by atoms with Crippen molar-refractivity contribution in [3.63, 3.8) is 0 Å². The lowest BCUT2D eigenvalue weighted by Crippen LogP contribution is -2.31. The second-order valence-corrected chi connectivity index (χ2v) is 5.85. The number of nitrogens with one attached hydrogen (secondary N) is 1. The first-order valence-electron chi connectivity index (χ1n) is 8.36. The van der Waals surface area contributed by atoms with Gasteiger partial charge in [0.05, 0.1) is 7.11 Å². The van der Waals surface area contributed by atoms with Crippen molar-refractivity contribution in [2.24, 2.45) is 0 Å². The van der Waals surface area contributed by atoms with Gasteiger partial charge in [-0.25, -0.2) is 0 Å². The van der Waals surface area contributed by atoms with Crippen molar-refractivity contribution in [2.75, 3.05) is 13.7 Å². The third-order valence-electron chi connectivity index (χ3n) is 4.09. The zero-order chi connectivity index (χ0) is 15.7. The molecule has 3 nitrogen and oxygen atoms in total. The van der Waals surface area contributed by atoms with Gasteiger partial charge in [0, 0.05) is 35.5 Å². The molecule has 21 heavy (non-hydrogen) atoms. The van der Waals surface area contributed by atoms with Gasteiger partial charge in [0.1, 0.15) is 5.75 Å². The fourth-order valence-corrected chi connectivity index (χ4v) is 2.89. The molecule has 1 rings (SSSR count). The number of methoxy groups -OCH3 is 1. The van der Waals surface area contributed by atoms with Gasteiger partial charge < -0.3 is 10.1 Å². The molecule has 0 aliphatic rings. The number of unbranched alkanes of at least 4 members (excludes halogenated alkanes) is 3. The minimum Gasteiger partial charge on any atom is -0.496 e. The molecule has 120 valence electrons. The molecular weight excluding hydrogens is 260 g/mol. The highest BCUT2D eigenvalue weighted by molar-refractivity contribution is 5.41. The van der Waals surface area contributed by atoms with E-state index in [0.29, 0.717) is 6.04 Å². The Morgan fingerprint density at radius 3 is 2.57 bits per heavy atom. The van der Waals surface area contributed by atoms with Crippen molar-refractivity contribution in [3.8, 4) is 5.75 Å². The lowest BCUT2D eigenvalue weighted by atomic mass is 9.99.